The summed E-state index contributed by atoms with van der Waals surface area (Å²) in [6, 6.07) is 5.92. The first-order chi connectivity index (χ1) is 8.70. The van der Waals surface area contributed by atoms with Gasteiger partial charge in [0.2, 0.25) is 0 Å². The van der Waals surface area contributed by atoms with Gasteiger partial charge in [0, 0.05) is 24.4 Å². The highest BCUT2D eigenvalue weighted by atomic mass is 16.5. The van der Waals surface area contributed by atoms with Gasteiger partial charge in [0.05, 0.1) is 13.2 Å². The van der Waals surface area contributed by atoms with E-state index in [1.807, 2.05) is 25.1 Å². The maximum atomic E-state index is 10.1. The molecule has 0 bridgehead atoms. The second-order valence-electron chi connectivity index (χ2n) is 4.21. The zero-order valence-corrected chi connectivity index (χ0v) is 10.5. The van der Waals surface area contributed by atoms with Gasteiger partial charge in [0.1, 0.15) is 12.1 Å². The minimum atomic E-state index is -0.623. The predicted molar refractivity (Wildman–Crippen MR) is 68.4 cm³/mol. The van der Waals surface area contributed by atoms with Crippen molar-refractivity contribution < 1.29 is 9.84 Å². The molecule has 2 rings (SSSR count). The van der Waals surface area contributed by atoms with Crippen LogP contribution in [0.25, 0.3) is 0 Å². The molecule has 0 spiro atoms. The SMILES string of the molecule is COc1ccc(C)cc1CC(O)c1cncnc1. The third kappa shape index (κ3) is 2.84. The van der Waals surface area contributed by atoms with Gasteiger partial charge in [-0.2, -0.15) is 0 Å². The van der Waals surface area contributed by atoms with Crippen LogP contribution in [0.1, 0.15) is 22.8 Å². The van der Waals surface area contributed by atoms with Crippen LogP contribution in [-0.4, -0.2) is 22.2 Å². The molecule has 94 valence electrons. The van der Waals surface area contributed by atoms with Gasteiger partial charge < -0.3 is 9.84 Å². The molecule has 1 aromatic heterocycles. The molecule has 1 aromatic carbocycles. The molecule has 4 nitrogen and oxygen atoms in total. The van der Waals surface area contributed by atoms with Crippen LogP contribution in [0.3, 0.4) is 0 Å². The van der Waals surface area contributed by atoms with E-state index >= 15 is 0 Å². The van der Waals surface area contributed by atoms with Crippen LogP contribution in [0.15, 0.2) is 36.9 Å². The van der Waals surface area contributed by atoms with Crippen molar-refractivity contribution in [3.63, 3.8) is 0 Å². The summed E-state index contributed by atoms with van der Waals surface area (Å²) in [6.07, 6.45) is 4.56. The van der Waals surface area contributed by atoms with Crippen molar-refractivity contribution in [2.45, 2.75) is 19.4 Å². The molecule has 1 atom stereocenters. The first-order valence-electron chi connectivity index (χ1n) is 5.77. The number of hydrogen-bond acceptors (Lipinski definition) is 4. The number of aromatic nitrogens is 2. The third-order valence-electron chi connectivity index (χ3n) is 2.81. The van der Waals surface area contributed by atoms with Gasteiger partial charge in [-0.1, -0.05) is 17.7 Å². The number of benzene rings is 1. The van der Waals surface area contributed by atoms with Crippen molar-refractivity contribution in [1.82, 2.24) is 9.97 Å². The molecule has 1 unspecified atom stereocenters. The minimum absolute atomic E-state index is 0.484. The largest absolute Gasteiger partial charge is 0.496 e. The minimum Gasteiger partial charge on any atom is -0.496 e. The van der Waals surface area contributed by atoms with Crippen LogP contribution in [-0.2, 0) is 6.42 Å². The summed E-state index contributed by atoms with van der Waals surface area (Å²) in [5.74, 6) is 0.788. The standard InChI is InChI=1S/C14H16N2O2/c1-10-3-4-14(18-2)11(5-10)6-13(17)12-7-15-9-16-8-12/h3-5,7-9,13,17H,6H2,1-2H3. The lowest BCUT2D eigenvalue weighted by Crippen LogP contribution is -2.04. The van der Waals surface area contributed by atoms with Gasteiger partial charge in [-0.15, -0.1) is 0 Å². The summed E-state index contributed by atoms with van der Waals surface area (Å²) >= 11 is 0. The van der Waals surface area contributed by atoms with E-state index in [0.29, 0.717) is 12.0 Å². The highest BCUT2D eigenvalue weighted by molar-refractivity contribution is 5.37. The zero-order chi connectivity index (χ0) is 13.0. The fraction of sp³-hybridized carbons (Fsp3) is 0.286. The molecule has 0 aliphatic rings. The molecular weight excluding hydrogens is 228 g/mol. The van der Waals surface area contributed by atoms with Gasteiger partial charge in [0.15, 0.2) is 0 Å². The van der Waals surface area contributed by atoms with Gasteiger partial charge in [-0.3, -0.25) is 0 Å². The Bertz CT molecular complexity index is 514. The number of rotatable bonds is 4. The number of ether oxygens (including phenoxy) is 1. The fourth-order valence-electron chi connectivity index (χ4n) is 1.88. The normalized spacial score (nSPS) is 12.2. The summed E-state index contributed by atoms with van der Waals surface area (Å²) < 4.78 is 5.29. The fourth-order valence-corrected chi connectivity index (χ4v) is 1.88. The maximum absolute atomic E-state index is 10.1. The third-order valence-corrected chi connectivity index (χ3v) is 2.81. The number of aliphatic hydroxyl groups excluding tert-OH is 1. The van der Waals surface area contributed by atoms with E-state index in [1.54, 1.807) is 19.5 Å². The molecule has 4 heteroatoms. The predicted octanol–water partition coefficient (Wildman–Crippen LogP) is 2.07. The Hall–Kier alpha value is -1.94. The second kappa shape index (κ2) is 5.60. The monoisotopic (exact) mass is 244 g/mol. The molecule has 0 radical (unpaired) electrons. The smallest absolute Gasteiger partial charge is 0.122 e. The van der Waals surface area contributed by atoms with Gasteiger partial charge in [-0.25, -0.2) is 9.97 Å². The van der Waals surface area contributed by atoms with E-state index in [1.165, 1.54) is 6.33 Å². The van der Waals surface area contributed by atoms with Gasteiger partial charge >= 0.3 is 0 Å². The molecule has 0 fully saturated rings. The van der Waals surface area contributed by atoms with Crippen molar-refractivity contribution in [1.29, 1.82) is 0 Å². The number of hydrogen-bond donors (Lipinski definition) is 1. The Labute approximate surface area is 106 Å². The quantitative estimate of drug-likeness (QED) is 0.894. The molecule has 0 saturated heterocycles. The molecule has 0 saturated carbocycles. The number of aliphatic hydroxyl groups is 1. The van der Waals surface area contributed by atoms with Crippen molar-refractivity contribution in [2.75, 3.05) is 7.11 Å². The average molecular weight is 244 g/mol. The summed E-state index contributed by atoms with van der Waals surface area (Å²) in [4.78, 5) is 7.81. The van der Waals surface area contributed by atoms with E-state index in [2.05, 4.69) is 9.97 Å². The molecule has 1 heterocycles. The lowest BCUT2D eigenvalue weighted by Gasteiger charge is -2.13. The van der Waals surface area contributed by atoms with Crippen LogP contribution in [0.2, 0.25) is 0 Å². The summed E-state index contributed by atoms with van der Waals surface area (Å²) in [7, 11) is 1.63. The highest BCUT2D eigenvalue weighted by Gasteiger charge is 2.12. The molecule has 0 amide bonds. The lowest BCUT2D eigenvalue weighted by atomic mass is 10.0. The van der Waals surface area contributed by atoms with Gasteiger partial charge in [0.25, 0.3) is 0 Å². The molecule has 0 aliphatic carbocycles. The Morgan fingerprint density at radius 1 is 1.28 bits per heavy atom. The van der Waals surface area contributed by atoms with E-state index in [-0.39, 0.29) is 0 Å². The molecular formula is C14H16N2O2. The lowest BCUT2D eigenvalue weighted by molar-refractivity contribution is 0.176. The Balaban J connectivity index is 2.21. The summed E-state index contributed by atoms with van der Waals surface area (Å²) in [5.41, 5.74) is 2.83. The first-order valence-corrected chi connectivity index (χ1v) is 5.77. The summed E-state index contributed by atoms with van der Waals surface area (Å²) in [6.45, 7) is 2.01. The van der Waals surface area contributed by atoms with Gasteiger partial charge in [-0.05, 0) is 18.6 Å². The number of methoxy groups -OCH3 is 1. The Morgan fingerprint density at radius 2 is 2.00 bits per heavy atom. The van der Waals surface area contributed by atoms with E-state index in [4.69, 9.17) is 4.74 Å². The molecule has 18 heavy (non-hydrogen) atoms. The second-order valence-corrected chi connectivity index (χ2v) is 4.21. The molecule has 1 N–H and O–H groups in total. The number of nitrogens with zero attached hydrogens (tertiary/aromatic N) is 2. The summed E-state index contributed by atoms with van der Waals surface area (Å²) in [5, 5.41) is 10.1. The van der Waals surface area contributed by atoms with E-state index in [9.17, 15) is 5.11 Å². The maximum Gasteiger partial charge on any atom is 0.122 e. The Morgan fingerprint density at radius 3 is 2.67 bits per heavy atom. The topological polar surface area (TPSA) is 55.2 Å². The van der Waals surface area contributed by atoms with Crippen LogP contribution in [0.5, 0.6) is 5.75 Å². The molecule has 2 aromatic rings. The number of aryl methyl sites for hydroxylation is 1. The van der Waals surface area contributed by atoms with Crippen LogP contribution >= 0.6 is 0 Å². The Kier molecular flexibility index (Phi) is 3.89. The van der Waals surface area contributed by atoms with Crippen molar-refractivity contribution in [3.8, 4) is 5.75 Å². The van der Waals surface area contributed by atoms with Crippen molar-refractivity contribution >= 4 is 0 Å². The first kappa shape index (κ1) is 12.5. The highest BCUT2D eigenvalue weighted by Crippen LogP contribution is 2.25. The zero-order valence-electron chi connectivity index (χ0n) is 10.5. The van der Waals surface area contributed by atoms with E-state index < -0.39 is 6.10 Å². The van der Waals surface area contributed by atoms with Crippen LogP contribution in [0, 0.1) is 6.92 Å². The van der Waals surface area contributed by atoms with Crippen molar-refractivity contribution in [2.24, 2.45) is 0 Å². The van der Waals surface area contributed by atoms with Crippen LogP contribution in [0.4, 0.5) is 0 Å². The van der Waals surface area contributed by atoms with Crippen LogP contribution < -0.4 is 4.74 Å². The van der Waals surface area contributed by atoms with Crippen molar-refractivity contribution in [3.05, 3.63) is 53.6 Å². The average Bonchev–Trinajstić information content (AvgIpc) is 2.40. The molecule has 0 aliphatic heterocycles. The van der Waals surface area contributed by atoms with E-state index in [0.717, 1.165) is 16.9 Å².